The molecule has 132 valence electrons. The quantitative estimate of drug-likeness (QED) is 0.385. The summed E-state index contributed by atoms with van der Waals surface area (Å²) in [7, 11) is 1.87. The van der Waals surface area contributed by atoms with Crippen LogP contribution in [0, 0.1) is 0 Å². The molecular weight excluding hydrogens is 316 g/mol. The first kappa shape index (κ1) is 16.9. The van der Waals surface area contributed by atoms with Crippen LogP contribution in [0.15, 0.2) is 41.9 Å². The van der Waals surface area contributed by atoms with E-state index in [-0.39, 0.29) is 0 Å². The van der Waals surface area contributed by atoms with Crippen molar-refractivity contribution in [2.24, 2.45) is 12.0 Å². The summed E-state index contributed by atoms with van der Waals surface area (Å²) in [5.74, 6) is 1.63. The Kier molecular flexibility index (Phi) is 5.61. The second kappa shape index (κ2) is 8.27. The Hall–Kier alpha value is -2.90. The van der Waals surface area contributed by atoms with Crippen molar-refractivity contribution in [3.05, 3.63) is 42.7 Å². The van der Waals surface area contributed by atoms with Gasteiger partial charge in [-0.3, -0.25) is 4.68 Å². The summed E-state index contributed by atoms with van der Waals surface area (Å²) >= 11 is 0. The lowest BCUT2D eigenvalue weighted by atomic mass is 10.3. The molecule has 2 N–H and O–H groups in total. The van der Waals surface area contributed by atoms with Gasteiger partial charge in [0.25, 0.3) is 0 Å². The fraction of sp³-hybridized carbons (Fsp3) is 0.412. The predicted molar refractivity (Wildman–Crippen MR) is 98.2 cm³/mol. The van der Waals surface area contributed by atoms with E-state index < -0.39 is 0 Å². The van der Waals surface area contributed by atoms with E-state index in [9.17, 15) is 0 Å². The number of nitrogens with one attached hydrogen (secondary N) is 2. The normalized spacial score (nSPS) is 11.8. The van der Waals surface area contributed by atoms with E-state index in [4.69, 9.17) is 0 Å². The highest BCUT2D eigenvalue weighted by Gasteiger charge is 2.03. The number of hydrogen-bond donors (Lipinski definition) is 2. The average molecular weight is 340 g/mol. The van der Waals surface area contributed by atoms with Gasteiger partial charge in [0.1, 0.15) is 18.7 Å². The molecule has 0 saturated carbocycles. The van der Waals surface area contributed by atoms with Gasteiger partial charge >= 0.3 is 0 Å². The highest BCUT2D eigenvalue weighted by atomic mass is 15.3. The van der Waals surface area contributed by atoms with Gasteiger partial charge in [-0.2, -0.15) is 5.10 Å². The number of imidazole rings is 1. The molecule has 0 fully saturated rings. The first-order chi connectivity index (χ1) is 12.3. The van der Waals surface area contributed by atoms with Crippen molar-refractivity contribution < 1.29 is 0 Å². The molecule has 2 aromatic heterocycles. The minimum atomic E-state index is 0.498. The van der Waals surface area contributed by atoms with Crippen LogP contribution in [0.2, 0.25) is 0 Å². The van der Waals surface area contributed by atoms with E-state index in [1.54, 1.807) is 11.0 Å². The molecule has 0 atom stereocenters. The molecule has 0 saturated heterocycles. The van der Waals surface area contributed by atoms with Gasteiger partial charge in [-0.25, -0.2) is 15.0 Å². The molecule has 8 heteroatoms. The Bertz CT molecular complexity index is 832. The minimum Gasteiger partial charge on any atom is -0.357 e. The van der Waals surface area contributed by atoms with Crippen LogP contribution >= 0.6 is 0 Å². The fourth-order valence-corrected chi connectivity index (χ4v) is 2.60. The summed E-state index contributed by atoms with van der Waals surface area (Å²) in [6.45, 7) is 5.11. The molecule has 3 aromatic rings. The maximum Gasteiger partial charge on any atom is 0.191 e. The summed E-state index contributed by atoms with van der Waals surface area (Å²) in [5.41, 5.74) is 2.21. The number of para-hydroxylation sites is 2. The van der Waals surface area contributed by atoms with Crippen molar-refractivity contribution in [2.75, 3.05) is 13.1 Å². The van der Waals surface area contributed by atoms with Crippen LogP contribution < -0.4 is 10.6 Å². The molecule has 0 bridgehead atoms. The van der Waals surface area contributed by atoms with Crippen LogP contribution in [0.1, 0.15) is 19.2 Å². The minimum absolute atomic E-state index is 0.498. The second-order valence-corrected chi connectivity index (χ2v) is 5.70. The van der Waals surface area contributed by atoms with Crippen molar-refractivity contribution in [1.29, 1.82) is 0 Å². The second-order valence-electron chi connectivity index (χ2n) is 5.70. The molecule has 0 aliphatic rings. The van der Waals surface area contributed by atoms with E-state index >= 15 is 0 Å². The van der Waals surface area contributed by atoms with Crippen molar-refractivity contribution in [3.63, 3.8) is 0 Å². The zero-order valence-corrected chi connectivity index (χ0v) is 14.7. The van der Waals surface area contributed by atoms with Gasteiger partial charge in [-0.15, -0.1) is 0 Å². The maximum absolute atomic E-state index is 4.55. The molecule has 2 heterocycles. The highest BCUT2D eigenvalue weighted by molar-refractivity contribution is 5.79. The number of guanidine groups is 1. The van der Waals surface area contributed by atoms with E-state index in [0.717, 1.165) is 43.4 Å². The topological polar surface area (TPSA) is 85.0 Å². The van der Waals surface area contributed by atoms with Crippen LogP contribution in [0.25, 0.3) is 11.0 Å². The van der Waals surface area contributed by atoms with Crippen LogP contribution in [0.4, 0.5) is 0 Å². The van der Waals surface area contributed by atoms with Gasteiger partial charge in [-0.1, -0.05) is 12.1 Å². The SMILES string of the molecule is CCNC(=NCc1ncnn1C)NCCCn1cnc2ccccc21. The van der Waals surface area contributed by atoms with Crippen molar-refractivity contribution in [3.8, 4) is 0 Å². The van der Waals surface area contributed by atoms with Crippen molar-refractivity contribution in [1.82, 2.24) is 34.9 Å². The lowest BCUT2D eigenvalue weighted by molar-refractivity contribution is 0.635. The zero-order chi connectivity index (χ0) is 17.5. The van der Waals surface area contributed by atoms with Crippen molar-refractivity contribution in [2.45, 2.75) is 26.4 Å². The predicted octanol–water partition coefficient (Wildman–Crippen LogP) is 1.31. The van der Waals surface area contributed by atoms with Crippen LogP contribution in [0.3, 0.4) is 0 Å². The molecule has 3 rings (SSSR count). The monoisotopic (exact) mass is 340 g/mol. The highest BCUT2D eigenvalue weighted by Crippen LogP contribution is 2.11. The number of benzene rings is 1. The molecular formula is C17H24N8. The molecule has 0 aliphatic heterocycles. The average Bonchev–Trinajstić information content (AvgIpc) is 3.22. The maximum atomic E-state index is 4.55. The number of rotatable bonds is 7. The third-order valence-corrected chi connectivity index (χ3v) is 3.92. The van der Waals surface area contributed by atoms with E-state index in [0.29, 0.717) is 6.54 Å². The van der Waals surface area contributed by atoms with Gasteiger partial charge in [0.2, 0.25) is 0 Å². The largest absolute Gasteiger partial charge is 0.357 e. The van der Waals surface area contributed by atoms with Gasteiger partial charge in [0, 0.05) is 26.7 Å². The van der Waals surface area contributed by atoms with Crippen LogP contribution in [-0.4, -0.2) is 43.4 Å². The van der Waals surface area contributed by atoms with Crippen molar-refractivity contribution >= 4 is 17.0 Å². The lowest BCUT2D eigenvalue weighted by Gasteiger charge is -2.11. The summed E-state index contributed by atoms with van der Waals surface area (Å²) in [6, 6.07) is 8.19. The molecule has 0 aliphatic carbocycles. The third-order valence-electron chi connectivity index (χ3n) is 3.92. The van der Waals surface area contributed by atoms with Gasteiger partial charge in [-0.05, 0) is 25.5 Å². The Balaban J connectivity index is 1.50. The molecule has 0 radical (unpaired) electrons. The van der Waals surface area contributed by atoms with E-state index in [1.165, 1.54) is 5.52 Å². The number of fused-ring (bicyclic) bond motifs is 1. The number of aromatic nitrogens is 5. The summed E-state index contributed by atoms with van der Waals surface area (Å²) < 4.78 is 3.91. The number of hydrogen-bond acceptors (Lipinski definition) is 4. The number of aryl methyl sites for hydroxylation is 2. The molecule has 1 aromatic carbocycles. The van der Waals surface area contributed by atoms with Crippen LogP contribution in [-0.2, 0) is 20.1 Å². The lowest BCUT2D eigenvalue weighted by Crippen LogP contribution is -2.38. The fourth-order valence-electron chi connectivity index (χ4n) is 2.60. The standard InChI is InChI=1S/C17H24N8/c1-3-18-17(20-11-16-21-12-23-24(16)2)19-9-6-10-25-13-22-14-7-4-5-8-15(14)25/h4-5,7-8,12-13H,3,6,9-11H2,1-2H3,(H2,18,19,20). The smallest absolute Gasteiger partial charge is 0.191 e. The Morgan fingerprint density at radius 3 is 2.88 bits per heavy atom. The number of nitrogens with zero attached hydrogens (tertiary/aromatic N) is 6. The molecule has 0 amide bonds. The zero-order valence-electron chi connectivity index (χ0n) is 14.7. The van der Waals surface area contributed by atoms with Gasteiger partial charge in [0.15, 0.2) is 5.96 Å². The van der Waals surface area contributed by atoms with Crippen LogP contribution in [0.5, 0.6) is 0 Å². The summed E-state index contributed by atoms with van der Waals surface area (Å²) in [6.07, 6.45) is 4.42. The van der Waals surface area contributed by atoms with Gasteiger partial charge in [0.05, 0.1) is 17.4 Å². The van der Waals surface area contributed by atoms with E-state index in [1.807, 2.05) is 31.6 Å². The molecule has 25 heavy (non-hydrogen) atoms. The summed E-state index contributed by atoms with van der Waals surface area (Å²) in [4.78, 5) is 13.2. The Morgan fingerprint density at radius 2 is 2.08 bits per heavy atom. The molecule has 0 spiro atoms. The van der Waals surface area contributed by atoms with E-state index in [2.05, 4.69) is 48.2 Å². The third kappa shape index (κ3) is 4.34. The number of aliphatic imine (C=N–C) groups is 1. The first-order valence-electron chi connectivity index (χ1n) is 8.53. The molecule has 8 nitrogen and oxygen atoms in total. The Morgan fingerprint density at radius 1 is 1.20 bits per heavy atom. The first-order valence-corrected chi connectivity index (χ1v) is 8.53. The molecule has 0 unspecified atom stereocenters. The van der Waals surface area contributed by atoms with Gasteiger partial charge < -0.3 is 15.2 Å². The summed E-state index contributed by atoms with van der Waals surface area (Å²) in [5, 5.41) is 10.7. The Labute approximate surface area is 147 Å².